The number of aliphatic carboxylic acids is 1. The number of hydrogen-bond acceptors (Lipinski definition) is 6. The molecule has 0 aromatic heterocycles. The molecule has 22 heavy (non-hydrogen) atoms. The summed E-state index contributed by atoms with van der Waals surface area (Å²) in [6.07, 6.45) is 0. The van der Waals surface area contributed by atoms with Gasteiger partial charge in [0.25, 0.3) is 0 Å². The molecular formula is C12H16N2O7S. The van der Waals surface area contributed by atoms with Crippen LogP contribution in [0.2, 0.25) is 0 Å². The minimum Gasteiger partial charge on any atom is -0.490 e. The summed E-state index contributed by atoms with van der Waals surface area (Å²) < 4.78 is 31.2. The number of carbonyl (C=O) groups is 1. The Bertz CT molecular complexity index is 685. The lowest BCUT2D eigenvalue weighted by atomic mass is 10.1. The number of nitrogens with one attached hydrogen (secondary N) is 1. The van der Waals surface area contributed by atoms with Gasteiger partial charge in [0.05, 0.1) is 16.9 Å². The van der Waals surface area contributed by atoms with E-state index in [1.54, 1.807) is 13.8 Å². The zero-order chi connectivity index (χ0) is 17.1. The number of rotatable bonds is 7. The first-order chi connectivity index (χ1) is 10.1. The van der Waals surface area contributed by atoms with Crippen LogP contribution < -0.4 is 9.46 Å². The molecule has 1 rings (SSSR count). The van der Waals surface area contributed by atoms with Gasteiger partial charge in [-0.1, -0.05) is 13.8 Å². The quantitative estimate of drug-likeness (QED) is 0.561. The van der Waals surface area contributed by atoms with Gasteiger partial charge in [-0.05, 0) is 12.0 Å². The lowest BCUT2D eigenvalue weighted by Crippen LogP contribution is -2.44. The summed E-state index contributed by atoms with van der Waals surface area (Å²) in [5.41, 5.74) is -0.389. The number of nitro benzene ring substituents is 1. The summed E-state index contributed by atoms with van der Waals surface area (Å²) in [6, 6.07) is 1.66. The van der Waals surface area contributed by atoms with Crippen molar-refractivity contribution in [3.63, 3.8) is 0 Å². The van der Waals surface area contributed by atoms with Crippen LogP contribution >= 0.6 is 0 Å². The van der Waals surface area contributed by atoms with E-state index in [0.29, 0.717) is 0 Å². The molecule has 0 aliphatic rings. The van der Waals surface area contributed by atoms with E-state index in [-0.39, 0.29) is 16.3 Å². The van der Waals surface area contributed by atoms with Crippen LogP contribution in [0.1, 0.15) is 13.8 Å². The molecule has 0 heterocycles. The predicted octanol–water partition coefficient (Wildman–Crippen LogP) is 0.991. The van der Waals surface area contributed by atoms with Crippen molar-refractivity contribution in [2.24, 2.45) is 5.92 Å². The van der Waals surface area contributed by atoms with Gasteiger partial charge < -0.3 is 9.84 Å². The van der Waals surface area contributed by atoms with E-state index in [2.05, 4.69) is 4.72 Å². The van der Waals surface area contributed by atoms with E-state index in [4.69, 9.17) is 9.84 Å². The largest absolute Gasteiger partial charge is 0.490 e. The SMILES string of the molecule is COc1cc(S(=O)(=O)N[C@H](C(=O)O)C(C)C)ccc1[N+](=O)[O-]. The summed E-state index contributed by atoms with van der Waals surface area (Å²) in [5.74, 6) is -2.02. The Morgan fingerprint density at radius 1 is 1.41 bits per heavy atom. The van der Waals surface area contributed by atoms with E-state index < -0.39 is 32.9 Å². The first kappa shape index (κ1) is 17.9. The molecule has 9 nitrogen and oxygen atoms in total. The first-order valence-corrected chi connectivity index (χ1v) is 7.66. The smallest absolute Gasteiger partial charge is 0.322 e. The highest BCUT2D eigenvalue weighted by Crippen LogP contribution is 2.29. The van der Waals surface area contributed by atoms with Crippen LogP contribution in [-0.4, -0.2) is 37.6 Å². The fourth-order valence-corrected chi connectivity index (χ4v) is 3.04. The highest BCUT2D eigenvalue weighted by molar-refractivity contribution is 7.89. The standard InChI is InChI=1S/C12H16N2O7S/c1-7(2)11(12(15)16)13-22(19,20)8-4-5-9(14(17)18)10(6-8)21-3/h4-7,11,13H,1-3H3,(H,15,16)/t11-/m0/s1. The van der Waals surface area contributed by atoms with Crippen LogP contribution in [-0.2, 0) is 14.8 Å². The number of hydrogen-bond donors (Lipinski definition) is 2. The molecule has 1 aromatic carbocycles. The van der Waals surface area contributed by atoms with Crippen LogP contribution in [0.25, 0.3) is 0 Å². The van der Waals surface area contributed by atoms with Gasteiger partial charge in [-0.25, -0.2) is 8.42 Å². The van der Waals surface area contributed by atoms with Crippen molar-refractivity contribution in [3.8, 4) is 5.75 Å². The molecule has 0 bridgehead atoms. The second-order valence-electron chi connectivity index (χ2n) is 4.77. The molecule has 1 atom stereocenters. The van der Waals surface area contributed by atoms with Gasteiger partial charge in [0, 0.05) is 12.1 Å². The number of nitrogens with zero attached hydrogens (tertiary/aromatic N) is 1. The highest BCUT2D eigenvalue weighted by atomic mass is 32.2. The molecule has 122 valence electrons. The molecule has 0 aliphatic carbocycles. The fourth-order valence-electron chi connectivity index (χ4n) is 1.68. The zero-order valence-electron chi connectivity index (χ0n) is 12.1. The second kappa shape index (κ2) is 6.71. The molecule has 0 aliphatic heterocycles. The molecule has 0 saturated heterocycles. The molecule has 0 radical (unpaired) electrons. The van der Waals surface area contributed by atoms with Gasteiger partial charge in [-0.15, -0.1) is 0 Å². The summed E-state index contributed by atoms with van der Waals surface area (Å²) in [5, 5.41) is 19.8. The van der Waals surface area contributed by atoms with Crippen LogP contribution in [0.5, 0.6) is 5.75 Å². The number of carboxylic acids is 1. The minimum absolute atomic E-state index is 0.232. The Labute approximate surface area is 127 Å². The van der Waals surface area contributed by atoms with Crippen molar-refractivity contribution < 1.29 is 28.0 Å². The predicted molar refractivity (Wildman–Crippen MR) is 76.2 cm³/mol. The first-order valence-electron chi connectivity index (χ1n) is 6.17. The molecule has 0 amide bonds. The maximum atomic E-state index is 12.2. The van der Waals surface area contributed by atoms with Crippen LogP contribution in [0.4, 0.5) is 5.69 Å². The van der Waals surface area contributed by atoms with Crippen molar-refractivity contribution in [1.82, 2.24) is 4.72 Å². The van der Waals surface area contributed by atoms with Gasteiger partial charge in [-0.3, -0.25) is 14.9 Å². The summed E-state index contributed by atoms with van der Waals surface area (Å²) in [4.78, 5) is 20.8. The molecule has 0 spiro atoms. The molecule has 10 heteroatoms. The molecule has 0 saturated carbocycles. The number of sulfonamides is 1. The summed E-state index contributed by atoms with van der Waals surface area (Å²) >= 11 is 0. The van der Waals surface area contributed by atoms with Crippen LogP contribution in [0.15, 0.2) is 23.1 Å². The van der Waals surface area contributed by atoms with Crippen molar-refractivity contribution in [1.29, 1.82) is 0 Å². The number of benzene rings is 1. The third-order valence-electron chi connectivity index (χ3n) is 2.87. The lowest BCUT2D eigenvalue weighted by molar-refractivity contribution is -0.385. The average molecular weight is 332 g/mol. The number of ether oxygens (including phenoxy) is 1. The van der Waals surface area contributed by atoms with Gasteiger partial charge >= 0.3 is 11.7 Å². The van der Waals surface area contributed by atoms with E-state index >= 15 is 0 Å². The maximum absolute atomic E-state index is 12.2. The monoisotopic (exact) mass is 332 g/mol. The Kier molecular flexibility index (Phi) is 5.44. The Morgan fingerprint density at radius 3 is 2.41 bits per heavy atom. The topological polar surface area (TPSA) is 136 Å². The Morgan fingerprint density at radius 2 is 2.00 bits per heavy atom. The molecule has 0 fully saturated rings. The summed E-state index contributed by atoms with van der Waals surface area (Å²) in [6.45, 7) is 3.11. The van der Waals surface area contributed by atoms with Crippen LogP contribution in [0.3, 0.4) is 0 Å². The second-order valence-corrected chi connectivity index (χ2v) is 6.49. The van der Waals surface area contributed by atoms with Crippen molar-refractivity contribution in [2.45, 2.75) is 24.8 Å². The normalized spacial score (nSPS) is 12.9. The zero-order valence-corrected chi connectivity index (χ0v) is 13.0. The highest BCUT2D eigenvalue weighted by Gasteiger charge is 2.29. The van der Waals surface area contributed by atoms with E-state index in [9.17, 15) is 23.3 Å². The van der Waals surface area contributed by atoms with Crippen molar-refractivity contribution >= 4 is 21.7 Å². The van der Waals surface area contributed by atoms with Gasteiger partial charge in [0.15, 0.2) is 5.75 Å². The van der Waals surface area contributed by atoms with E-state index in [1.165, 1.54) is 7.11 Å². The summed E-state index contributed by atoms with van der Waals surface area (Å²) in [7, 11) is -2.99. The number of methoxy groups -OCH3 is 1. The minimum atomic E-state index is -4.16. The maximum Gasteiger partial charge on any atom is 0.322 e. The van der Waals surface area contributed by atoms with E-state index in [0.717, 1.165) is 18.2 Å². The van der Waals surface area contributed by atoms with Crippen molar-refractivity contribution in [2.75, 3.05) is 7.11 Å². The Balaban J connectivity index is 3.23. The number of nitro groups is 1. The Hall–Kier alpha value is -2.20. The van der Waals surface area contributed by atoms with Crippen LogP contribution in [0, 0.1) is 16.0 Å². The fraction of sp³-hybridized carbons (Fsp3) is 0.417. The molecule has 2 N–H and O–H groups in total. The van der Waals surface area contributed by atoms with Gasteiger partial charge in [-0.2, -0.15) is 4.72 Å². The van der Waals surface area contributed by atoms with Gasteiger partial charge in [0.1, 0.15) is 6.04 Å². The molecule has 0 unspecified atom stereocenters. The molecular weight excluding hydrogens is 316 g/mol. The third kappa shape index (κ3) is 3.92. The van der Waals surface area contributed by atoms with Gasteiger partial charge in [0.2, 0.25) is 10.0 Å². The lowest BCUT2D eigenvalue weighted by Gasteiger charge is -2.18. The number of carboxylic acid groups (broad SMARTS) is 1. The average Bonchev–Trinajstić information content (AvgIpc) is 2.43. The van der Waals surface area contributed by atoms with Crippen molar-refractivity contribution in [3.05, 3.63) is 28.3 Å². The van der Waals surface area contributed by atoms with E-state index in [1.807, 2.05) is 0 Å². The third-order valence-corrected chi connectivity index (χ3v) is 4.31. The molecule has 1 aromatic rings.